The molecule has 0 aromatic heterocycles. The highest BCUT2D eigenvalue weighted by Crippen LogP contribution is 2.24. The fourth-order valence-electron chi connectivity index (χ4n) is 2.01. The quantitative estimate of drug-likeness (QED) is 0.645. The van der Waals surface area contributed by atoms with E-state index in [2.05, 4.69) is 10.0 Å². The molecule has 0 aliphatic carbocycles. The summed E-state index contributed by atoms with van der Waals surface area (Å²) in [5, 5.41) is 2.98. The van der Waals surface area contributed by atoms with Crippen molar-refractivity contribution in [2.24, 2.45) is 0 Å². The zero-order valence-corrected chi connectivity index (χ0v) is 12.3. The van der Waals surface area contributed by atoms with E-state index in [0.717, 1.165) is 0 Å². The minimum absolute atomic E-state index is 0. The molecule has 0 saturated carbocycles. The van der Waals surface area contributed by atoms with E-state index >= 15 is 0 Å². The Labute approximate surface area is 125 Å². The molecule has 21 heavy (non-hydrogen) atoms. The first kappa shape index (κ1) is 18.1. The lowest BCUT2D eigenvalue weighted by Crippen LogP contribution is -2.43. The second-order valence-corrected chi connectivity index (χ2v) is 6.09. The summed E-state index contributed by atoms with van der Waals surface area (Å²) < 4.78 is 78.9. The van der Waals surface area contributed by atoms with Crippen LogP contribution in [0.4, 0.5) is 17.6 Å². The maximum absolute atomic E-state index is 13.5. The van der Waals surface area contributed by atoms with Gasteiger partial charge in [0.25, 0.3) is 0 Å². The standard InChI is InChI=1S/C11H12F4N2O2S.ClH/c12-7-5-8(13)10(15)11(9(7)14)20(18,19)17-6-1-3-16-4-2-6;/h5-6,16-17H,1-4H2;1H. The molecular weight excluding hydrogens is 336 g/mol. The van der Waals surface area contributed by atoms with Crippen molar-refractivity contribution in [2.45, 2.75) is 23.8 Å². The molecule has 2 N–H and O–H groups in total. The van der Waals surface area contributed by atoms with Crippen LogP contribution in [0.3, 0.4) is 0 Å². The van der Waals surface area contributed by atoms with Crippen molar-refractivity contribution in [1.29, 1.82) is 0 Å². The zero-order valence-electron chi connectivity index (χ0n) is 10.6. The van der Waals surface area contributed by atoms with Gasteiger partial charge in [0, 0.05) is 12.1 Å². The van der Waals surface area contributed by atoms with E-state index in [9.17, 15) is 26.0 Å². The molecule has 0 atom stereocenters. The molecule has 0 unspecified atom stereocenters. The molecule has 10 heteroatoms. The van der Waals surface area contributed by atoms with Gasteiger partial charge in [0.15, 0.2) is 28.2 Å². The predicted octanol–water partition coefficient (Wildman–Crippen LogP) is 1.70. The van der Waals surface area contributed by atoms with E-state index in [1.807, 2.05) is 0 Å². The highest BCUT2D eigenvalue weighted by molar-refractivity contribution is 7.89. The van der Waals surface area contributed by atoms with Gasteiger partial charge in [0.1, 0.15) is 0 Å². The SMILES string of the molecule is Cl.O=S(=O)(NC1CCNCC1)c1c(F)c(F)cc(F)c1F. The number of sulfonamides is 1. The summed E-state index contributed by atoms with van der Waals surface area (Å²) in [6, 6.07) is -0.569. The largest absolute Gasteiger partial charge is 0.317 e. The topological polar surface area (TPSA) is 58.2 Å². The smallest absolute Gasteiger partial charge is 0.246 e. The van der Waals surface area contributed by atoms with Crippen LogP contribution in [0.25, 0.3) is 0 Å². The number of halogens is 5. The Bertz CT molecular complexity index is 595. The Kier molecular flexibility index (Phi) is 5.97. The van der Waals surface area contributed by atoms with Crippen molar-refractivity contribution in [3.8, 4) is 0 Å². The Hall–Kier alpha value is -0.900. The van der Waals surface area contributed by atoms with Crippen molar-refractivity contribution < 1.29 is 26.0 Å². The van der Waals surface area contributed by atoms with Gasteiger partial charge >= 0.3 is 0 Å². The van der Waals surface area contributed by atoms with Gasteiger partial charge in [0.2, 0.25) is 10.0 Å². The van der Waals surface area contributed by atoms with E-state index in [1.54, 1.807) is 0 Å². The molecule has 1 aliphatic rings. The zero-order chi connectivity index (χ0) is 14.9. The minimum Gasteiger partial charge on any atom is -0.317 e. The van der Waals surface area contributed by atoms with Crippen LogP contribution in [0.5, 0.6) is 0 Å². The molecule has 1 saturated heterocycles. The number of rotatable bonds is 3. The van der Waals surface area contributed by atoms with Gasteiger partial charge in [-0.25, -0.2) is 30.7 Å². The van der Waals surface area contributed by atoms with Crippen LogP contribution >= 0.6 is 12.4 Å². The van der Waals surface area contributed by atoms with Gasteiger partial charge in [-0.3, -0.25) is 0 Å². The van der Waals surface area contributed by atoms with E-state index in [1.165, 1.54) is 0 Å². The third-order valence-corrected chi connectivity index (χ3v) is 4.54. The van der Waals surface area contributed by atoms with Gasteiger partial charge < -0.3 is 5.32 Å². The molecule has 1 aromatic carbocycles. The van der Waals surface area contributed by atoms with Crippen molar-refractivity contribution in [2.75, 3.05) is 13.1 Å². The van der Waals surface area contributed by atoms with Gasteiger partial charge in [-0.05, 0) is 25.9 Å². The predicted molar refractivity (Wildman–Crippen MR) is 69.7 cm³/mol. The van der Waals surface area contributed by atoms with Gasteiger partial charge in [-0.15, -0.1) is 12.4 Å². The van der Waals surface area contributed by atoms with E-state index in [4.69, 9.17) is 0 Å². The first-order chi connectivity index (χ1) is 9.33. The maximum Gasteiger partial charge on any atom is 0.246 e. The van der Waals surface area contributed by atoms with Crippen LogP contribution in [0.2, 0.25) is 0 Å². The number of hydrogen-bond acceptors (Lipinski definition) is 3. The van der Waals surface area contributed by atoms with Crippen LogP contribution in [-0.4, -0.2) is 27.5 Å². The molecule has 0 bridgehead atoms. The van der Waals surface area contributed by atoms with Gasteiger partial charge in [0.05, 0.1) is 0 Å². The van der Waals surface area contributed by atoms with Gasteiger partial charge in [-0.1, -0.05) is 0 Å². The molecule has 1 aromatic rings. The van der Waals surface area contributed by atoms with Crippen LogP contribution in [-0.2, 0) is 10.0 Å². The number of hydrogen-bond donors (Lipinski definition) is 2. The molecule has 0 radical (unpaired) electrons. The van der Waals surface area contributed by atoms with Crippen molar-refractivity contribution in [3.63, 3.8) is 0 Å². The van der Waals surface area contributed by atoms with Crippen molar-refractivity contribution >= 4 is 22.4 Å². The number of piperidine rings is 1. The number of benzene rings is 1. The van der Waals surface area contributed by atoms with E-state index < -0.39 is 44.2 Å². The molecule has 0 amide bonds. The summed E-state index contributed by atoms with van der Waals surface area (Å²) in [6.07, 6.45) is 0.834. The average molecular weight is 349 g/mol. The summed E-state index contributed by atoms with van der Waals surface area (Å²) in [5.41, 5.74) is 0. The first-order valence-corrected chi connectivity index (χ1v) is 7.37. The van der Waals surface area contributed by atoms with Crippen molar-refractivity contribution in [3.05, 3.63) is 29.3 Å². The van der Waals surface area contributed by atoms with E-state index in [0.29, 0.717) is 25.9 Å². The Morgan fingerprint density at radius 2 is 1.52 bits per heavy atom. The lowest BCUT2D eigenvalue weighted by Gasteiger charge is -2.23. The molecule has 1 fully saturated rings. The van der Waals surface area contributed by atoms with Crippen LogP contribution in [0.15, 0.2) is 11.0 Å². The Morgan fingerprint density at radius 1 is 1.05 bits per heavy atom. The van der Waals surface area contributed by atoms with Crippen molar-refractivity contribution in [1.82, 2.24) is 10.0 Å². The minimum atomic E-state index is -4.67. The summed E-state index contributed by atoms with van der Waals surface area (Å²) in [4.78, 5) is -1.62. The third-order valence-electron chi connectivity index (χ3n) is 3.00. The monoisotopic (exact) mass is 348 g/mol. The molecule has 1 heterocycles. The summed E-state index contributed by atoms with van der Waals surface area (Å²) in [5.74, 6) is -7.36. The molecule has 120 valence electrons. The first-order valence-electron chi connectivity index (χ1n) is 5.89. The highest BCUT2D eigenvalue weighted by Gasteiger charge is 2.31. The second-order valence-electron chi connectivity index (χ2n) is 4.44. The lowest BCUT2D eigenvalue weighted by atomic mass is 10.1. The summed E-state index contributed by atoms with van der Waals surface area (Å²) in [7, 11) is -4.67. The molecule has 4 nitrogen and oxygen atoms in total. The van der Waals surface area contributed by atoms with E-state index in [-0.39, 0.29) is 18.5 Å². The molecule has 1 aliphatic heterocycles. The third kappa shape index (κ3) is 3.85. The average Bonchev–Trinajstić information content (AvgIpc) is 2.37. The fourth-order valence-corrected chi connectivity index (χ4v) is 3.46. The fraction of sp³-hybridized carbons (Fsp3) is 0.455. The second kappa shape index (κ2) is 6.91. The summed E-state index contributed by atoms with van der Waals surface area (Å²) >= 11 is 0. The normalized spacial score (nSPS) is 16.6. The highest BCUT2D eigenvalue weighted by atomic mass is 35.5. The maximum atomic E-state index is 13.5. The molecular formula is C11H13ClF4N2O2S. The molecule has 2 rings (SSSR count). The van der Waals surface area contributed by atoms with Crippen LogP contribution in [0, 0.1) is 23.3 Å². The lowest BCUT2D eigenvalue weighted by molar-refractivity contribution is 0.406. The Morgan fingerprint density at radius 3 is 2.00 bits per heavy atom. The van der Waals surface area contributed by atoms with Crippen LogP contribution < -0.4 is 10.0 Å². The van der Waals surface area contributed by atoms with Crippen LogP contribution in [0.1, 0.15) is 12.8 Å². The molecule has 0 spiro atoms. The summed E-state index contributed by atoms with van der Waals surface area (Å²) in [6.45, 7) is 1.07. The number of nitrogens with one attached hydrogen (secondary N) is 2. The van der Waals surface area contributed by atoms with Gasteiger partial charge in [-0.2, -0.15) is 0 Å². The Balaban J connectivity index is 0.00000220.